The summed E-state index contributed by atoms with van der Waals surface area (Å²) in [7, 11) is 0. The molecule has 1 aromatic heterocycles. The van der Waals surface area contributed by atoms with Crippen molar-refractivity contribution >= 4 is 51.9 Å². The van der Waals surface area contributed by atoms with Crippen molar-refractivity contribution in [3.63, 3.8) is 0 Å². The Morgan fingerprint density at radius 3 is 2.43 bits per heavy atom. The van der Waals surface area contributed by atoms with Gasteiger partial charge in [0.25, 0.3) is 5.91 Å². The van der Waals surface area contributed by atoms with Gasteiger partial charge in [-0.05, 0) is 54.4 Å². The Bertz CT molecular complexity index is 845. The smallest absolute Gasteiger partial charge is 0.264 e. The second-order valence-electron chi connectivity index (χ2n) is 7.26. The summed E-state index contributed by atoms with van der Waals surface area (Å²) in [6.45, 7) is 5.14. The second kappa shape index (κ2) is 11.1. The maximum atomic E-state index is 12.5. The minimum Gasteiger partial charge on any atom is -0.368 e. The molecule has 1 aliphatic rings. The van der Waals surface area contributed by atoms with Gasteiger partial charge in [0, 0.05) is 44.0 Å². The zero-order valence-corrected chi connectivity index (χ0v) is 18.9. The molecule has 0 atom stereocenters. The van der Waals surface area contributed by atoms with Gasteiger partial charge in [-0.3, -0.25) is 9.59 Å². The highest BCUT2D eigenvalue weighted by atomic mass is 32.1. The van der Waals surface area contributed by atoms with Gasteiger partial charge in [-0.2, -0.15) is 0 Å². The highest BCUT2D eigenvalue weighted by Crippen LogP contribution is 2.21. The Hall–Kier alpha value is -2.45. The highest BCUT2D eigenvalue weighted by Gasteiger charge is 2.22. The maximum Gasteiger partial charge on any atom is 0.264 e. The molecule has 2 heterocycles. The molecule has 0 spiro atoms. The van der Waals surface area contributed by atoms with Crippen LogP contribution < -0.4 is 15.5 Å². The van der Waals surface area contributed by atoms with Gasteiger partial charge in [0.05, 0.1) is 4.88 Å². The third-order valence-electron chi connectivity index (χ3n) is 5.05. The van der Waals surface area contributed by atoms with E-state index in [0.717, 1.165) is 48.6 Å². The third kappa shape index (κ3) is 6.27. The molecule has 0 radical (unpaired) electrons. The number of hydrogen-bond donors (Lipinski definition) is 2. The number of hydrogen-bond acceptors (Lipinski definition) is 5. The molecule has 160 valence electrons. The van der Waals surface area contributed by atoms with Crippen LogP contribution in [0.1, 0.15) is 42.3 Å². The van der Waals surface area contributed by atoms with E-state index in [1.807, 2.05) is 46.7 Å². The molecule has 0 unspecified atom stereocenters. The number of thiophene rings is 1. The van der Waals surface area contributed by atoms with E-state index >= 15 is 0 Å². The first kappa shape index (κ1) is 22.2. The van der Waals surface area contributed by atoms with Gasteiger partial charge >= 0.3 is 0 Å². The van der Waals surface area contributed by atoms with Crippen LogP contribution in [0.15, 0.2) is 41.8 Å². The molecule has 0 saturated carbocycles. The Morgan fingerprint density at radius 2 is 1.80 bits per heavy atom. The fourth-order valence-corrected chi connectivity index (χ4v) is 4.29. The predicted molar refractivity (Wildman–Crippen MR) is 127 cm³/mol. The lowest BCUT2D eigenvalue weighted by molar-refractivity contribution is -0.119. The van der Waals surface area contributed by atoms with Gasteiger partial charge < -0.3 is 20.4 Å². The molecule has 2 amide bonds. The van der Waals surface area contributed by atoms with Crippen molar-refractivity contribution in [1.29, 1.82) is 0 Å². The normalized spacial score (nSPS) is 13.8. The molecule has 2 N–H and O–H groups in total. The average Bonchev–Trinajstić information content (AvgIpc) is 3.29. The lowest BCUT2D eigenvalue weighted by atomic mass is 10.2. The minimum atomic E-state index is -0.0486. The Balaban J connectivity index is 1.45. The van der Waals surface area contributed by atoms with E-state index in [0.29, 0.717) is 24.6 Å². The molecule has 2 aromatic rings. The summed E-state index contributed by atoms with van der Waals surface area (Å²) in [5, 5.41) is 8.04. The number of nitrogens with zero attached hydrogens (tertiary/aromatic N) is 2. The molecule has 1 saturated heterocycles. The van der Waals surface area contributed by atoms with Crippen molar-refractivity contribution in [2.75, 3.05) is 36.4 Å². The minimum absolute atomic E-state index is 0.0486. The Morgan fingerprint density at radius 1 is 1.07 bits per heavy atom. The van der Waals surface area contributed by atoms with E-state index < -0.39 is 0 Å². The fourth-order valence-electron chi connectivity index (χ4n) is 3.37. The number of carbonyl (C=O) groups is 2. The second-order valence-corrected chi connectivity index (χ2v) is 8.62. The predicted octanol–water partition coefficient (Wildman–Crippen LogP) is 4.10. The first-order valence-electron chi connectivity index (χ1n) is 10.4. The van der Waals surface area contributed by atoms with Crippen LogP contribution in [-0.4, -0.2) is 48.0 Å². The Kier molecular flexibility index (Phi) is 8.21. The van der Waals surface area contributed by atoms with Gasteiger partial charge in [0.2, 0.25) is 5.91 Å². The summed E-state index contributed by atoms with van der Waals surface area (Å²) in [6.07, 6.45) is 3.51. The number of anilines is 2. The van der Waals surface area contributed by atoms with Crippen molar-refractivity contribution in [1.82, 2.24) is 10.2 Å². The molecular weight excluding hydrogens is 416 g/mol. The molecule has 1 fully saturated rings. The summed E-state index contributed by atoms with van der Waals surface area (Å²) in [5.41, 5.74) is 1.95. The monoisotopic (exact) mass is 444 g/mol. The number of nitrogens with one attached hydrogen (secondary N) is 2. The van der Waals surface area contributed by atoms with Gasteiger partial charge in [-0.15, -0.1) is 11.3 Å². The summed E-state index contributed by atoms with van der Waals surface area (Å²) < 4.78 is 0. The largest absolute Gasteiger partial charge is 0.368 e. The first-order valence-corrected chi connectivity index (χ1v) is 11.6. The number of piperazine rings is 1. The summed E-state index contributed by atoms with van der Waals surface area (Å²) >= 11 is 6.72. The molecule has 1 aliphatic heterocycles. The number of unbranched alkanes of at least 4 members (excludes halogenated alkanes) is 2. The number of benzene rings is 1. The molecule has 8 heteroatoms. The van der Waals surface area contributed by atoms with E-state index in [9.17, 15) is 9.59 Å². The van der Waals surface area contributed by atoms with Crippen molar-refractivity contribution in [3.05, 3.63) is 46.7 Å². The highest BCUT2D eigenvalue weighted by molar-refractivity contribution is 7.80. The van der Waals surface area contributed by atoms with Crippen molar-refractivity contribution in [2.24, 2.45) is 0 Å². The number of rotatable bonds is 7. The molecule has 30 heavy (non-hydrogen) atoms. The quantitative estimate of drug-likeness (QED) is 0.497. The molecule has 3 rings (SSSR count). The Labute approximate surface area is 187 Å². The van der Waals surface area contributed by atoms with E-state index in [2.05, 4.69) is 22.5 Å². The summed E-state index contributed by atoms with van der Waals surface area (Å²) in [4.78, 5) is 29.3. The van der Waals surface area contributed by atoms with Crippen molar-refractivity contribution in [3.8, 4) is 0 Å². The van der Waals surface area contributed by atoms with Gasteiger partial charge in [-0.25, -0.2) is 0 Å². The van der Waals surface area contributed by atoms with Gasteiger partial charge in [0.15, 0.2) is 5.11 Å². The van der Waals surface area contributed by atoms with Crippen LogP contribution in [0.5, 0.6) is 0 Å². The maximum absolute atomic E-state index is 12.5. The molecule has 1 aromatic carbocycles. The topological polar surface area (TPSA) is 64.7 Å². The van der Waals surface area contributed by atoms with Crippen LogP contribution in [0.3, 0.4) is 0 Å². The molecule has 0 aliphatic carbocycles. The van der Waals surface area contributed by atoms with E-state index in [1.54, 1.807) is 0 Å². The SMILES string of the molecule is CCCCCC(=O)NC(=S)Nc1ccc(N2CCN(C(=O)c3cccs3)CC2)cc1. The molecular formula is C22H28N4O2S2. The van der Waals surface area contributed by atoms with Crippen molar-refractivity contribution in [2.45, 2.75) is 32.6 Å². The zero-order chi connectivity index (χ0) is 21.3. The lowest BCUT2D eigenvalue weighted by Crippen LogP contribution is -2.48. The van der Waals surface area contributed by atoms with E-state index in [1.165, 1.54) is 11.3 Å². The average molecular weight is 445 g/mol. The summed E-state index contributed by atoms with van der Waals surface area (Å²) in [6, 6.07) is 11.8. The standard InChI is InChI=1S/C22H28N4O2S2/c1-2-3-4-7-20(27)24-22(29)23-17-8-10-18(11-9-17)25-12-14-26(15-13-25)21(28)19-6-5-16-30-19/h5-6,8-11,16H,2-4,7,12-15H2,1H3,(H2,23,24,27,29). The number of carbonyl (C=O) groups excluding carboxylic acids is 2. The van der Waals surface area contributed by atoms with E-state index in [4.69, 9.17) is 12.2 Å². The van der Waals surface area contributed by atoms with E-state index in [-0.39, 0.29) is 11.8 Å². The molecule has 6 nitrogen and oxygen atoms in total. The third-order valence-corrected chi connectivity index (χ3v) is 6.11. The number of amides is 2. The van der Waals surface area contributed by atoms with Crippen LogP contribution in [0.2, 0.25) is 0 Å². The van der Waals surface area contributed by atoms with Crippen LogP contribution in [0.4, 0.5) is 11.4 Å². The van der Waals surface area contributed by atoms with Crippen molar-refractivity contribution < 1.29 is 9.59 Å². The summed E-state index contributed by atoms with van der Waals surface area (Å²) in [5.74, 6) is 0.0713. The molecule has 0 bridgehead atoms. The van der Waals surface area contributed by atoms with Gasteiger partial charge in [0.1, 0.15) is 0 Å². The van der Waals surface area contributed by atoms with Crippen LogP contribution in [0, 0.1) is 0 Å². The first-order chi connectivity index (χ1) is 14.6. The van der Waals surface area contributed by atoms with Gasteiger partial charge in [-0.1, -0.05) is 25.8 Å². The van der Waals surface area contributed by atoms with Crippen LogP contribution in [0.25, 0.3) is 0 Å². The number of thiocarbonyl (C=S) groups is 1. The van der Waals surface area contributed by atoms with Crippen LogP contribution in [-0.2, 0) is 4.79 Å². The fraction of sp³-hybridized carbons (Fsp3) is 0.409. The lowest BCUT2D eigenvalue weighted by Gasteiger charge is -2.36. The zero-order valence-electron chi connectivity index (χ0n) is 17.2. The van der Waals surface area contributed by atoms with Crippen LogP contribution >= 0.6 is 23.6 Å².